The number of aryl methyl sites for hydroxylation is 1. The molecule has 1 heterocycles. The maximum absolute atomic E-state index is 12.7. The number of unbranched alkanes of at least 4 members (excludes halogenated alkanes) is 3. The Kier molecular flexibility index (Phi) is 6.81. The molecule has 0 atom stereocenters. The van der Waals surface area contributed by atoms with Crippen molar-refractivity contribution in [3.8, 4) is 0 Å². The summed E-state index contributed by atoms with van der Waals surface area (Å²) < 4.78 is 2.02. The lowest BCUT2D eigenvalue weighted by atomic mass is 10.1. The molecular weight excluding hydrogens is 422 g/mol. The quantitative estimate of drug-likeness (QED) is 0.362. The molecule has 0 aliphatic rings. The number of aromatic nitrogens is 2. The number of hydrogen-bond donors (Lipinski definition) is 2. The minimum absolute atomic E-state index is 0.0768. The van der Waals surface area contributed by atoms with E-state index >= 15 is 0 Å². The normalized spacial score (nSPS) is 10.9. The number of imidazole rings is 1. The molecule has 3 rings (SSSR count). The number of hydrogen-bond acceptors (Lipinski definition) is 3. The molecule has 0 spiro atoms. The number of nitrogens with zero attached hydrogens (tertiary/aromatic N) is 2. The van der Waals surface area contributed by atoms with Crippen molar-refractivity contribution in [2.75, 3.05) is 10.6 Å². The summed E-state index contributed by atoms with van der Waals surface area (Å²) in [6.45, 7) is 0.758. The lowest BCUT2D eigenvalue weighted by molar-refractivity contribution is 0.0697. The average molecular weight is 444 g/mol. The first kappa shape index (κ1) is 20.1. The van der Waals surface area contributed by atoms with Crippen molar-refractivity contribution >= 4 is 44.8 Å². The van der Waals surface area contributed by atoms with Gasteiger partial charge >= 0.3 is 5.97 Å². The second-order valence-corrected chi connectivity index (χ2v) is 7.31. The van der Waals surface area contributed by atoms with E-state index in [2.05, 4.69) is 26.2 Å². The third-order valence-corrected chi connectivity index (χ3v) is 5.08. The lowest BCUT2D eigenvalue weighted by Gasteiger charge is -2.10. The van der Waals surface area contributed by atoms with Crippen LogP contribution in [0.25, 0.3) is 11.0 Å². The highest BCUT2D eigenvalue weighted by Gasteiger charge is 2.15. The van der Waals surface area contributed by atoms with Gasteiger partial charge in [-0.05, 0) is 43.2 Å². The van der Waals surface area contributed by atoms with E-state index in [1.54, 1.807) is 12.1 Å². The predicted octanol–water partition coefficient (Wildman–Crippen LogP) is 4.94. The average Bonchev–Trinajstić information content (AvgIpc) is 3.05. The molecule has 6 nitrogen and oxygen atoms in total. The minimum Gasteiger partial charge on any atom is -0.478 e. The molecule has 0 saturated heterocycles. The van der Waals surface area contributed by atoms with Crippen LogP contribution in [-0.2, 0) is 6.54 Å². The molecule has 3 aromatic rings. The zero-order valence-electron chi connectivity index (χ0n) is 15.4. The van der Waals surface area contributed by atoms with Gasteiger partial charge in [0.15, 0.2) is 0 Å². The summed E-state index contributed by atoms with van der Waals surface area (Å²) in [7, 11) is 0. The number of nitrogens with one attached hydrogen (secondary N) is 1. The molecule has 0 aliphatic heterocycles. The second-order valence-electron chi connectivity index (χ2n) is 6.52. The van der Waals surface area contributed by atoms with Crippen LogP contribution in [0.3, 0.4) is 0 Å². The number of benzene rings is 2. The fourth-order valence-corrected chi connectivity index (χ4v) is 3.48. The molecular formula is C21H22BrN3O3. The standard InChI is InChI=1S/C21H22BrN3O3/c22-12-5-1-2-6-13-25-18-11-4-3-10-17(18)23-21(25)24-19(26)15-8-7-9-16(14-15)20(27)28/h3-4,7-11,14H,1-2,5-6,12-13H2,(H,27,28)(H,23,24,26). The number of alkyl halides is 1. The van der Waals surface area contributed by atoms with E-state index in [0.29, 0.717) is 5.95 Å². The first-order valence-corrected chi connectivity index (χ1v) is 10.4. The highest BCUT2D eigenvalue weighted by molar-refractivity contribution is 9.09. The van der Waals surface area contributed by atoms with Gasteiger partial charge in [0, 0.05) is 17.4 Å². The monoisotopic (exact) mass is 443 g/mol. The maximum Gasteiger partial charge on any atom is 0.335 e. The Morgan fingerprint density at radius 2 is 1.75 bits per heavy atom. The summed E-state index contributed by atoms with van der Waals surface area (Å²) in [5.41, 5.74) is 2.15. The van der Waals surface area contributed by atoms with E-state index in [1.165, 1.54) is 12.1 Å². The number of fused-ring (bicyclic) bond motifs is 1. The SMILES string of the molecule is O=C(O)c1cccc(C(=O)Nc2nc3ccccc3n2CCCCCCBr)c1. The number of aromatic carboxylic acids is 1. The van der Waals surface area contributed by atoms with Crippen LogP contribution >= 0.6 is 15.9 Å². The highest BCUT2D eigenvalue weighted by atomic mass is 79.9. The zero-order chi connectivity index (χ0) is 19.9. The molecule has 2 N–H and O–H groups in total. The van der Waals surface area contributed by atoms with E-state index in [9.17, 15) is 9.59 Å². The second kappa shape index (κ2) is 9.50. The van der Waals surface area contributed by atoms with E-state index < -0.39 is 5.97 Å². The molecule has 0 unspecified atom stereocenters. The summed E-state index contributed by atoms with van der Waals surface area (Å²) >= 11 is 3.45. The van der Waals surface area contributed by atoms with Crippen LogP contribution in [0.2, 0.25) is 0 Å². The first-order valence-electron chi connectivity index (χ1n) is 9.26. The van der Waals surface area contributed by atoms with E-state index in [1.807, 2.05) is 28.8 Å². The van der Waals surface area contributed by atoms with Gasteiger partial charge in [-0.15, -0.1) is 0 Å². The van der Waals surface area contributed by atoms with E-state index in [0.717, 1.165) is 48.6 Å². The third-order valence-electron chi connectivity index (χ3n) is 4.52. The molecule has 7 heteroatoms. The topological polar surface area (TPSA) is 84.2 Å². The van der Waals surface area contributed by atoms with Gasteiger partial charge in [0.1, 0.15) is 0 Å². The number of carbonyl (C=O) groups excluding carboxylic acids is 1. The number of amides is 1. The van der Waals surface area contributed by atoms with Gasteiger partial charge < -0.3 is 9.67 Å². The molecule has 0 bridgehead atoms. The number of rotatable bonds is 9. The van der Waals surface area contributed by atoms with Crippen molar-refractivity contribution in [3.63, 3.8) is 0 Å². The molecule has 146 valence electrons. The Morgan fingerprint density at radius 3 is 2.54 bits per heavy atom. The molecule has 1 amide bonds. The van der Waals surface area contributed by atoms with Crippen molar-refractivity contribution in [2.24, 2.45) is 0 Å². The van der Waals surface area contributed by atoms with Gasteiger partial charge in [0.25, 0.3) is 5.91 Å². The van der Waals surface area contributed by atoms with Crippen LogP contribution in [0.5, 0.6) is 0 Å². The van der Waals surface area contributed by atoms with Crippen LogP contribution in [0.15, 0.2) is 48.5 Å². The van der Waals surface area contributed by atoms with Crippen LogP contribution in [-0.4, -0.2) is 31.9 Å². The van der Waals surface area contributed by atoms with Gasteiger partial charge in [-0.25, -0.2) is 9.78 Å². The van der Waals surface area contributed by atoms with Crippen LogP contribution < -0.4 is 5.32 Å². The van der Waals surface area contributed by atoms with Crippen molar-refractivity contribution in [1.29, 1.82) is 0 Å². The summed E-state index contributed by atoms with van der Waals surface area (Å²) in [5, 5.41) is 13.0. The summed E-state index contributed by atoms with van der Waals surface area (Å²) in [6.07, 6.45) is 4.40. The van der Waals surface area contributed by atoms with E-state index in [-0.39, 0.29) is 17.0 Å². The zero-order valence-corrected chi connectivity index (χ0v) is 17.0. The van der Waals surface area contributed by atoms with Crippen molar-refractivity contribution in [3.05, 3.63) is 59.7 Å². The summed E-state index contributed by atoms with van der Waals surface area (Å²) in [4.78, 5) is 28.4. The number of carboxylic acid groups (broad SMARTS) is 1. The first-order chi connectivity index (χ1) is 13.6. The van der Waals surface area contributed by atoms with Gasteiger partial charge in [0.05, 0.1) is 16.6 Å². The molecule has 0 aliphatic carbocycles. The van der Waals surface area contributed by atoms with Crippen molar-refractivity contribution in [1.82, 2.24) is 9.55 Å². The number of halogens is 1. The third kappa shape index (κ3) is 4.78. The van der Waals surface area contributed by atoms with Crippen molar-refractivity contribution < 1.29 is 14.7 Å². The number of carbonyl (C=O) groups is 2. The fourth-order valence-electron chi connectivity index (χ4n) is 3.08. The largest absolute Gasteiger partial charge is 0.478 e. The minimum atomic E-state index is -1.06. The molecule has 0 fully saturated rings. The number of para-hydroxylation sites is 2. The van der Waals surface area contributed by atoms with Gasteiger partial charge in [-0.2, -0.15) is 0 Å². The van der Waals surface area contributed by atoms with Crippen molar-refractivity contribution in [2.45, 2.75) is 32.2 Å². The van der Waals surface area contributed by atoms with E-state index in [4.69, 9.17) is 5.11 Å². The molecule has 0 radical (unpaired) electrons. The number of carboxylic acids is 1. The van der Waals surface area contributed by atoms with Gasteiger partial charge in [-0.1, -0.05) is 47.0 Å². The summed E-state index contributed by atoms with van der Waals surface area (Å²) in [6, 6.07) is 13.7. The van der Waals surface area contributed by atoms with Crippen LogP contribution in [0.4, 0.5) is 5.95 Å². The fraction of sp³-hybridized carbons (Fsp3) is 0.286. The van der Waals surface area contributed by atoms with Crippen LogP contribution in [0.1, 0.15) is 46.4 Å². The number of anilines is 1. The summed E-state index contributed by atoms with van der Waals surface area (Å²) in [5.74, 6) is -0.961. The molecule has 28 heavy (non-hydrogen) atoms. The smallest absolute Gasteiger partial charge is 0.335 e. The van der Waals surface area contributed by atoms with Gasteiger partial charge in [0.2, 0.25) is 5.95 Å². The predicted molar refractivity (Wildman–Crippen MR) is 113 cm³/mol. The molecule has 1 aromatic heterocycles. The Hall–Kier alpha value is -2.67. The van der Waals surface area contributed by atoms with Gasteiger partial charge in [-0.3, -0.25) is 10.1 Å². The molecule has 0 saturated carbocycles. The molecule has 2 aromatic carbocycles. The Labute approximate surface area is 171 Å². The highest BCUT2D eigenvalue weighted by Crippen LogP contribution is 2.21. The Balaban J connectivity index is 1.81. The Bertz CT molecular complexity index is 984. The maximum atomic E-state index is 12.7. The van der Waals surface area contributed by atoms with Crippen LogP contribution in [0, 0.1) is 0 Å². The Morgan fingerprint density at radius 1 is 1.00 bits per heavy atom. The lowest BCUT2D eigenvalue weighted by Crippen LogP contribution is -2.16.